The van der Waals surface area contributed by atoms with Crippen molar-refractivity contribution < 1.29 is 9.15 Å². The largest absolute Gasteiger partial charge is 0.494 e. The zero-order chi connectivity index (χ0) is 19.9. The van der Waals surface area contributed by atoms with E-state index in [4.69, 9.17) is 9.15 Å². The summed E-state index contributed by atoms with van der Waals surface area (Å²) in [5.74, 6) is 3.13. The van der Waals surface area contributed by atoms with Crippen molar-refractivity contribution in [3.8, 4) is 5.75 Å². The minimum atomic E-state index is -0.0506. The second-order valence-electron chi connectivity index (χ2n) is 7.46. The lowest BCUT2D eigenvalue weighted by atomic mass is 9.94. The summed E-state index contributed by atoms with van der Waals surface area (Å²) in [6.07, 6.45) is 1.79. The molecule has 0 radical (unpaired) electrons. The molecular weight excluding hydrogens is 340 g/mol. The standard InChI is InChI=1S/C21H32N4O2/c1-7-22-20(25-14-19-23-13-18(27-19)21(4,5)6)24-12-16-10-9-15(3)11-17(16)26-8-2/h9-11,13H,7-8,12,14H2,1-6H3,(H2,22,24,25). The van der Waals surface area contributed by atoms with Crippen LogP contribution < -0.4 is 15.4 Å². The molecule has 0 unspecified atom stereocenters. The van der Waals surface area contributed by atoms with Crippen molar-refractivity contribution >= 4 is 5.96 Å². The van der Waals surface area contributed by atoms with Gasteiger partial charge >= 0.3 is 0 Å². The molecule has 0 fully saturated rings. The molecule has 0 bridgehead atoms. The Balaban J connectivity index is 2.05. The zero-order valence-corrected chi connectivity index (χ0v) is 17.3. The number of rotatable bonds is 7. The summed E-state index contributed by atoms with van der Waals surface area (Å²) in [6, 6.07) is 6.20. The Kier molecular flexibility index (Phi) is 7.28. The number of nitrogens with one attached hydrogen (secondary N) is 2. The van der Waals surface area contributed by atoms with Gasteiger partial charge in [-0.05, 0) is 32.4 Å². The van der Waals surface area contributed by atoms with E-state index < -0.39 is 0 Å². The van der Waals surface area contributed by atoms with Gasteiger partial charge in [-0.3, -0.25) is 0 Å². The van der Waals surface area contributed by atoms with Crippen LogP contribution in [0.15, 0.2) is 33.8 Å². The van der Waals surface area contributed by atoms with Crippen LogP contribution in [0.2, 0.25) is 0 Å². The van der Waals surface area contributed by atoms with Gasteiger partial charge in [0.2, 0.25) is 5.89 Å². The minimum Gasteiger partial charge on any atom is -0.494 e. The maximum Gasteiger partial charge on any atom is 0.213 e. The normalized spacial score (nSPS) is 12.1. The number of aryl methyl sites for hydroxylation is 1. The van der Waals surface area contributed by atoms with Crippen LogP contribution in [-0.2, 0) is 18.5 Å². The van der Waals surface area contributed by atoms with E-state index in [0.717, 1.165) is 29.6 Å². The number of hydrogen-bond donors (Lipinski definition) is 2. The van der Waals surface area contributed by atoms with Crippen LogP contribution in [-0.4, -0.2) is 24.1 Å². The first kappa shape index (κ1) is 20.8. The highest BCUT2D eigenvalue weighted by Crippen LogP contribution is 2.23. The number of hydrogen-bond acceptors (Lipinski definition) is 4. The van der Waals surface area contributed by atoms with Gasteiger partial charge in [0.15, 0.2) is 5.96 Å². The average Bonchev–Trinajstić information content (AvgIpc) is 3.08. The Bertz CT molecular complexity index is 760. The molecule has 1 heterocycles. The summed E-state index contributed by atoms with van der Waals surface area (Å²) in [7, 11) is 0. The van der Waals surface area contributed by atoms with Crippen LogP contribution in [0.4, 0.5) is 0 Å². The molecule has 0 aliphatic carbocycles. The molecule has 0 spiro atoms. The first-order chi connectivity index (χ1) is 12.8. The van der Waals surface area contributed by atoms with Crippen LogP contribution in [0.5, 0.6) is 5.75 Å². The van der Waals surface area contributed by atoms with Gasteiger partial charge in [-0.15, -0.1) is 0 Å². The van der Waals surface area contributed by atoms with E-state index in [1.54, 1.807) is 6.20 Å². The van der Waals surface area contributed by atoms with E-state index in [2.05, 4.69) is 66.5 Å². The molecule has 0 saturated heterocycles. The number of benzene rings is 1. The Morgan fingerprint density at radius 2 is 2.00 bits per heavy atom. The second-order valence-corrected chi connectivity index (χ2v) is 7.46. The molecule has 0 saturated carbocycles. The second kappa shape index (κ2) is 9.44. The number of oxazole rings is 1. The van der Waals surface area contributed by atoms with Crippen LogP contribution in [0.25, 0.3) is 0 Å². The topological polar surface area (TPSA) is 71.7 Å². The predicted molar refractivity (Wildman–Crippen MR) is 109 cm³/mol. The minimum absolute atomic E-state index is 0.0506. The summed E-state index contributed by atoms with van der Waals surface area (Å²) in [6.45, 7) is 14.8. The SMILES string of the molecule is CCNC(=NCc1ccc(C)cc1OCC)NCc1ncc(C(C)(C)C)o1. The van der Waals surface area contributed by atoms with Crippen molar-refractivity contribution in [2.24, 2.45) is 4.99 Å². The molecule has 1 aromatic carbocycles. The number of guanidine groups is 1. The molecule has 0 aliphatic rings. The van der Waals surface area contributed by atoms with Crippen LogP contribution in [0.1, 0.15) is 57.4 Å². The van der Waals surface area contributed by atoms with Gasteiger partial charge in [0.1, 0.15) is 11.5 Å². The molecule has 2 N–H and O–H groups in total. The van der Waals surface area contributed by atoms with Gasteiger partial charge in [-0.25, -0.2) is 9.98 Å². The van der Waals surface area contributed by atoms with Crippen molar-refractivity contribution in [3.05, 3.63) is 47.2 Å². The van der Waals surface area contributed by atoms with Gasteiger partial charge in [0, 0.05) is 17.5 Å². The maximum atomic E-state index is 5.83. The summed E-state index contributed by atoms with van der Waals surface area (Å²) >= 11 is 0. The fraction of sp³-hybridized carbons (Fsp3) is 0.524. The first-order valence-electron chi connectivity index (χ1n) is 9.53. The van der Waals surface area contributed by atoms with Crippen molar-refractivity contribution in [1.29, 1.82) is 0 Å². The number of aromatic nitrogens is 1. The third-order valence-corrected chi connectivity index (χ3v) is 3.97. The van der Waals surface area contributed by atoms with E-state index >= 15 is 0 Å². The number of nitrogens with zero attached hydrogens (tertiary/aromatic N) is 2. The lowest BCUT2D eigenvalue weighted by molar-refractivity contribution is 0.336. The first-order valence-corrected chi connectivity index (χ1v) is 9.53. The van der Waals surface area contributed by atoms with Crippen LogP contribution >= 0.6 is 0 Å². The third kappa shape index (κ3) is 6.31. The quantitative estimate of drug-likeness (QED) is 0.569. The molecule has 1 aromatic heterocycles. The average molecular weight is 373 g/mol. The summed E-state index contributed by atoms with van der Waals surface area (Å²) in [4.78, 5) is 9.02. The molecule has 6 heteroatoms. The summed E-state index contributed by atoms with van der Waals surface area (Å²) < 4.78 is 11.6. The Morgan fingerprint density at radius 3 is 2.63 bits per heavy atom. The summed E-state index contributed by atoms with van der Waals surface area (Å²) in [5, 5.41) is 6.53. The van der Waals surface area contributed by atoms with Crippen LogP contribution in [0, 0.1) is 6.92 Å². The highest BCUT2D eigenvalue weighted by atomic mass is 16.5. The fourth-order valence-electron chi connectivity index (χ4n) is 2.49. The van der Waals surface area contributed by atoms with Crippen molar-refractivity contribution in [2.75, 3.05) is 13.2 Å². The number of ether oxygens (including phenoxy) is 1. The highest BCUT2D eigenvalue weighted by molar-refractivity contribution is 5.79. The van der Waals surface area contributed by atoms with E-state index in [1.165, 1.54) is 5.56 Å². The van der Waals surface area contributed by atoms with Crippen LogP contribution in [0.3, 0.4) is 0 Å². The molecule has 148 valence electrons. The molecule has 6 nitrogen and oxygen atoms in total. The zero-order valence-electron chi connectivity index (χ0n) is 17.3. The lowest BCUT2D eigenvalue weighted by Gasteiger charge is -2.14. The maximum absolute atomic E-state index is 5.83. The van der Waals surface area contributed by atoms with Gasteiger partial charge in [0.05, 0.1) is 25.9 Å². The van der Waals surface area contributed by atoms with Gasteiger partial charge < -0.3 is 19.8 Å². The molecule has 27 heavy (non-hydrogen) atoms. The van der Waals surface area contributed by atoms with Crippen molar-refractivity contribution in [1.82, 2.24) is 15.6 Å². The van der Waals surface area contributed by atoms with Gasteiger partial charge in [-0.1, -0.05) is 32.9 Å². The van der Waals surface area contributed by atoms with Crippen molar-refractivity contribution in [3.63, 3.8) is 0 Å². The monoisotopic (exact) mass is 372 g/mol. The summed E-state index contributed by atoms with van der Waals surface area (Å²) in [5.41, 5.74) is 2.19. The molecule has 0 amide bonds. The van der Waals surface area contributed by atoms with E-state index in [9.17, 15) is 0 Å². The molecule has 2 rings (SSSR count). The van der Waals surface area contributed by atoms with E-state index in [0.29, 0.717) is 25.6 Å². The Morgan fingerprint density at radius 1 is 1.22 bits per heavy atom. The van der Waals surface area contributed by atoms with E-state index in [-0.39, 0.29) is 5.41 Å². The number of aliphatic imine (C=N–C) groups is 1. The lowest BCUT2D eigenvalue weighted by Crippen LogP contribution is -2.36. The smallest absolute Gasteiger partial charge is 0.213 e. The predicted octanol–water partition coefficient (Wildman–Crippen LogP) is 3.93. The Hall–Kier alpha value is -2.50. The molecular formula is C21H32N4O2. The molecule has 2 aromatic rings. The van der Waals surface area contributed by atoms with E-state index in [1.807, 2.05) is 13.8 Å². The Labute approximate surface area is 162 Å². The van der Waals surface area contributed by atoms with Crippen molar-refractivity contribution in [2.45, 2.75) is 60.0 Å². The third-order valence-electron chi connectivity index (χ3n) is 3.97. The molecule has 0 aliphatic heterocycles. The molecule has 0 atom stereocenters. The highest BCUT2D eigenvalue weighted by Gasteiger charge is 2.19. The van der Waals surface area contributed by atoms with Gasteiger partial charge in [0.25, 0.3) is 0 Å². The van der Waals surface area contributed by atoms with Gasteiger partial charge in [-0.2, -0.15) is 0 Å². The fourth-order valence-corrected chi connectivity index (χ4v) is 2.49.